The Morgan fingerprint density at radius 2 is 1.72 bits per heavy atom. The molecule has 0 saturated heterocycles. The average Bonchev–Trinajstić information content (AvgIpc) is 3.23. The molecule has 2 heterocycles. The summed E-state index contributed by atoms with van der Waals surface area (Å²) in [5.41, 5.74) is 5.68. The van der Waals surface area contributed by atoms with Crippen LogP contribution in [-0.2, 0) is 22.4 Å². The average molecular weight is 427 g/mol. The van der Waals surface area contributed by atoms with Crippen LogP contribution in [0.5, 0.6) is 5.75 Å². The first-order valence-electron chi connectivity index (χ1n) is 10.9. The van der Waals surface area contributed by atoms with Crippen LogP contribution in [0, 0.1) is 0 Å². The summed E-state index contributed by atoms with van der Waals surface area (Å²) in [5.74, 6) is 0.591. The van der Waals surface area contributed by atoms with Crippen LogP contribution in [-0.4, -0.2) is 30.7 Å². The fourth-order valence-corrected chi connectivity index (χ4v) is 4.48. The summed E-state index contributed by atoms with van der Waals surface area (Å²) >= 11 is 0. The minimum Gasteiger partial charge on any atom is -0.493 e. The molecule has 2 unspecified atom stereocenters. The molecule has 162 valence electrons. The molecule has 3 aromatic carbocycles. The van der Waals surface area contributed by atoms with Crippen molar-refractivity contribution in [2.45, 2.75) is 24.9 Å². The summed E-state index contributed by atoms with van der Waals surface area (Å²) in [6.45, 7) is 0.627. The van der Waals surface area contributed by atoms with Gasteiger partial charge in [0, 0.05) is 29.4 Å². The molecule has 1 aromatic heterocycles. The SMILES string of the molecule is COC(=O)C1Cc2c([nH]c3ccccc23)C(c2ccc(OCCc3ccccc3)cc2)N1. The first-order chi connectivity index (χ1) is 15.7. The molecule has 5 rings (SSSR count). The lowest BCUT2D eigenvalue weighted by Crippen LogP contribution is -2.45. The highest BCUT2D eigenvalue weighted by molar-refractivity contribution is 5.87. The number of benzene rings is 3. The van der Waals surface area contributed by atoms with E-state index in [0.717, 1.165) is 34.3 Å². The van der Waals surface area contributed by atoms with Crippen molar-refractivity contribution < 1.29 is 14.3 Å². The standard InChI is InChI=1S/C27H26N2O3/c1-31-27(30)24-17-22-21-9-5-6-10-23(21)28-26(22)25(29-24)19-11-13-20(14-12-19)32-16-15-18-7-3-2-4-8-18/h2-14,24-25,28-29H,15-17H2,1H3. The van der Waals surface area contributed by atoms with Gasteiger partial charge in [-0.3, -0.25) is 10.1 Å². The molecule has 4 aromatic rings. The molecule has 0 fully saturated rings. The number of carbonyl (C=O) groups excluding carboxylic acids is 1. The van der Waals surface area contributed by atoms with Gasteiger partial charge >= 0.3 is 5.97 Å². The molecule has 0 spiro atoms. The minimum atomic E-state index is -0.390. The third-order valence-corrected chi connectivity index (χ3v) is 6.11. The van der Waals surface area contributed by atoms with Crippen molar-refractivity contribution in [1.82, 2.24) is 10.3 Å². The van der Waals surface area contributed by atoms with Gasteiger partial charge in [0.1, 0.15) is 11.8 Å². The van der Waals surface area contributed by atoms with E-state index in [9.17, 15) is 4.79 Å². The van der Waals surface area contributed by atoms with Gasteiger partial charge in [-0.1, -0.05) is 60.7 Å². The second kappa shape index (κ2) is 8.89. The third-order valence-electron chi connectivity index (χ3n) is 6.11. The molecule has 32 heavy (non-hydrogen) atoms. The van der Waals surface area contributed by atoms with E-state index < -0.39 is 6.04 Å². The van der Waals surface area contributed by atoms with Gasteiger partial charge in [-0.25, -0.2) is 0 Å². The van der Waals surface area contributed by atoms with Crippen molar-refractivity contribution in [2.75, 3.05) is 13.7 Å². The van der Waals surface area contributed by atoms with Crippen LogP contribution < -0.4 is 10.1 Å². The third kappa shape index (κ3) is 3.99. The lowest BCUT2D eigenvalue weighted by atomic mass is 9.90. The summed E-state index contributed by atoms with van der Waals surface area (Å²) in [4.78, 5) is 15.9. The molecule has 5 heteroatoms. The van der Waals surface area contributed by atoms with E-state index in [1.165, 1.54) is 18.2 Å². The number of fused-ring (bicyclic) bond motifs is 3. The number of rotatable bonds is 6. The van der Waals surface area contributed by atoms with E-state index >= 15 is 0 Å². The van der Waals surface area contributed by atoms with Crippen molar-refractivity contribution in [1.29, 1.82) is 0 Å². The Kier molecular flexibility index (Phi) is 5.65. The smallest absolute Gasteiger partial charge is 0.323 e. The van der Waals surface area contributed by atoms with Crippen molar-refractivity contribution in [2.24, 2.45) is 0 Å². The van der Waals surface area contributed by atoms with E-state index in [4.69, 9.17) is 9.47 Å². The number of nitrogens with one attached hydrogen (secondary N) is 2. The van der Waals surface area contributed by atoms with E-state index in [1.807, 2.05) is 42.5 Å². The Hall–Kier alpha value is -3.57. The van der Waals surface area contributed by atoms with Crippen molar-refractivity contribution >= 4 is 16.9 Å². The van der Waals surface area contributed by atoms with E-state index in [0.29, 0.717) is 13.0 Å². The zero-order valence-corrected chi connectivity index (χ0v) is 18.0. The van der Waals surface area contributed by atoms with Crippen LogP contribution in [0.3, 0.4) is 0 Å². The Labute approximate surface area is 187 Å². The number of aromatic nitrogens is 1. The van der Waals surface area contributed by atoms with Gasteiger partial charge in [-0.2, -0.15) is 0 Å². The second-order valence-corrected chi connectivity index (χ2v) is 8.10. The fraction of sp³-hybridized carbons (Fsp3) is 0.222. The van der Waals surface area contributed by atoms with E-state index in [1.54, 1.807) is 0 Å². The van der Waals surface area contributed by atoms with Gasteiger partial charge in [-0.05, 0) is 34.9 Å². The number of hydrogen-bond donors (Lipinski definition) is 2. The van der Waals surface area contributed by atoms with E-state index in [-0.39, 0.29) is 12.0 Å². The number of methoxy groups -OCH3 is 1. The van der Waals surface area contributed by atoms with Crippen molar-refractivity contribution in [3.63, 3.8) is 0 Å². The van der Waals surface area contributed by atoms with Crippen LogP contribution in [0.15, 0.2) is 78.9 Å². The van der Waals surface area contributed by atoms with Crippen LogP contribution >= 0.6 is 0 Å². The Balaban J connectivity index is 1.38. The second-order valence-electron chi connectivity index (χ2n) is 8.10. The molecular formula is C27H26N2O3. The molecule has 5 nitrogen and oxygen atoms in total. The molecular weight excluding hydrogens is 400 g/mol. The Bertz CT molecular complexity index is 1210. The number of para-hydroxylation sites is 1. The normalized spacial score (nSPS) is 17.7. The largest absolute Gasteiger partial charge is 0.493 e. The highest BCUT2D eigenvalue weighted by Gasteiger charge is 2.34. The first kappa shape index (κ1) is 20.3. The summed E-state index contributed by atoms with van der Waals surface area (Å²) < 4.78 is 11.0. The molecule has 0 bridgehead atoms. The number of carbonyl (C=O) groups is 1. The number of H-pyrrole nitrogens is 1. The number of esters is 1. The lowest BCUT2D eigenvalue weighted by Gasteiger charge is -2.30. The highest BCUT2D eigenvalue weighted by Crippen LogP contribution is 2.35. The van der Waals surface area contributed by atoms with Crippen LogP contribution in [0.2, 0.25) is 0 Å². The maximum atomic E-state index is 12.4. The predicted molar refractivity (Wildman–Crippen MR) is 125 cm³/mol. The Morgan fingerprint density at radius 3 is 2.50 bits per heavy atom. The Morgan fingerprint density at radius 1 is 0.969 bits per heavy atom. The molecule has 1 aliphatic heterocycles. The maximum Gasteiger partial charge on any atom is 0.323 e. The van der Waals surface area contributed by atoms with Gasteiger partial charge in [0.05, 0.1) is 19.8 Å². The van der Waals surface area contributed by atoms with Gasteiger partial charge in [0.15, 0.2) is 0 Å². The van der Waals surface area contributed by atoms with Crippen LogP contribution in [0.1, 0.15) is 28.4 Å². The summed E-state index contributed by atoms with van der Waals surface area (Å²) in [6, 6.07) is 26.1. The summed E-state index contributed by atoms with van der Waals surface area (Å²) in [7, 11) is 1.44. The van der Waals surface area contributed by atoms with Gasteiger partial charge < -0.3 is 14.5 Å². The monoisotopic (exact) mass is 426 g/mol. The highest BCUT2D eigenvalue weighted by atomic mass is 16.5. The maximum absolute atomic E-state index is 12.4. The van der Waals surface area contributed by atoms with Crippen LogP contribution in [0.4, 0.5) is 0 Å². The molecule has 2 atom stereocenters. The quantitative estimate of drug-likeness (QED) is 0.444. The van der Waals surface area contributed by atoms with Gasteiger partial charge in [0.2, 0.25) is 0 Å². The van der Waals surface area contributed by atoms with Crippen LogP contribution in [0.25, 0.3) is 10.9 Å². The fourth-order valence-electron chi connectivity index (χ4n) is 4.48. The number of ether oxygens (including phenoxy) is 2. The van der Waals surface area contributed by atoms with Crippen molar-refractivity contribution in [3.8, 4) is 5.75 Å². The molecule has 0 aliphatic carbocycles. The minimum absolute atomic E-state index is 0.131. The van der Waals surface area contributed by atoms with Crippen molar-refractivity contribution in [3.05, 3.63) is 101 Å². The summed E-state index contributed by atoms with van der Waals surface area (Å²) in [6.07, 6.45) is 1.47. The molecule has 0 amide bonds. The molecule has 0 saturated carbocycles. The van der Waals surface area contributed by atoms with E-state index in [2.05, 4.69) is 46.7 Å². The van der Waals surface area contributed by atoms with Gasteiger partial charge in [0.25, 0.3) is 0 Å². The first-order valence-corrected chi connectivity index (χ1v) is 10.9. The zero-order chi connectivity index (χ0) is 21.9. The summed E-state index contributed by atoms with van der Waals surface area (Å²) in [5, 5.41) is 4.63. The topological polar surface area (TPSA) is 63.4 Å². The zero-order valence-electron chi connectivity index (χ0n) is 18.0. The predicted octanol–water partition coefficient (Wildman–Crippen LogP) is 4.57. The lowest BCUT2D eigenvalue weighted by molar-refractivity contribution is -0.143. The van der Waals surface area contributed by atoms with Gasteiger partial charge in [-0.15, -0.1) is 0 Å². The molecule has 1 aliphatic rings. The molecule has 0 radical (unpaired) electrons. The molecule has 2 N–H and O–H groups in total. The number of hydrogen-bond acceptors (Lipinski definition) is 4. The number of aromatic amines is 1.